The van der Waals surface area contributed by atoms with Crippen molar-refractivity contribution in [3.63, 3.8) is 0 Å². The lowest BCUT2D eigenvalue weighted by atomic mass is 10.1. The standard InChI is InChI=1S/C9H8BrN3O3/c10-6-2-11-4-12-8(6)13-3-5(9(15)16)1-7(13)14/h2,4-5H,1,3H2,(H,15,16). The molecule has 0 bridgehead atoms. The summed E-state index contributed by atoms with van der Waals surface area (Å²) in [6, 6.07) is 0. The number of carbonyl (C=O) groups is 2. The SMILES string of the molecule is O=C(O)C1CC(=O)N(c2ncncc2Br)C1. The summed E-state index contributed by atoms with van der Waals surface area (Å²) in [6.45, 7) is 0.157. The molecule has 1 saturated heterocycles. The van der Waals surface area contributed by atoms with Gasteiger partial charge in [-0.15, -0.1) is 0 Å². The van der Waals surface area contributed by atoms with Crippen LogP contribution in [0.4, 0.5) is 5.82 Å². The van der Waals surface area contributed by atoms with Crippen LogP contribution in [0.25, 0.3) is 0 Å². The minimum absolute atomic E-state index is 0.0196. The normalized spacial score (nSPS) is 20.2. The van der Waals surface area contributed by atoms with Gasteiger partial charge in [-0.25, -0.2) is 9.97 Å². The number of hydrogen-bond donors (Lipinski definition) is 1. The molecule has 1 aromatic rings. The largest absolute Gasteiger partial charge is 0.481 e. The Morgan fingerprint density at radius 2 is 2.38 bits per heavy atom. The van der Waals surface area contributed by atoms with Crippen molar-refractivity contribution < 1.29 is 14.7 Å². The van der Waals surface area contributed by atoms with Crippen molar-refractivity contribution in [1.29, 1.82) is 0 Å². The first kappa shape index (κ1) is 11.0. The van der Waals surface area contributed by atoms with E-state index in [0.717, 1.165) is 0 Å². The van der Waals surface area contributed by atoms with Gasteiger partial charge in [0.2, 0.25) is 5.91 Å². The number of aromatic nitrogens is 2. The Balaban J connectivity index is 2.27. The molecule has 2 heterocycles. The molecule has 0 spiro atoms. The molecule has 0 aliphatic carbocycles. The van der Waals surface area contributed by atoms with Crippen LogP contribution in [0.3, 0.4) is 0 Å². The highest BCUT2D eigenvalue weighted by molar-refractivity contribution is 9.10. The van der Waals surface area contributed by atoms with E-state index in [0.29, 0.717) is 10.3 Å². The number of carboxylic acid groups (broad SMARTS) is 1. The molecule has 1 fully saturated rings. The molecule has 1 aromatic heterocycles. The molecule has 6 nitrogen and oxygen atoms in total. The van der Waals surface area contributed by atoms with Crippen molar-refractivity contribution >= 4 is 33.6 Å². The maximum Gasteiger partial charge on any atom is 0.308 e. The summed E-state index contributed by atoms with van der Waals surface area (Å²) in [4.78, 5) is 31.5. The molecule has 1 N–H and O–H groups in total. The lowest BCUT2D eigenvalue weighted by molar-refractivity contribution is -0.141. The highest BCUT2D eigenvalue weighted by Gasteiger charge is 2.36. The van der Waals surface area contributed by atoms with Crippen LogP contribution in [-0.4, -0.2) is 33.5 Å². The summed E-state index contributed by atoms with van der Waals surface area (Å²) in [5, 5.41) is 8.84. The molecule has 0 aromatic carbocycles. The van der Waals surface area contributed by atoms with E-state index >= 15 is 0 Å². The summed E-state index contributed by atoms with van der Waals surface area (Å²) < 4.78 is 0.578. The summed E-state index contributed by atoms with van der Waals surface area (Å²) in [5.41, 5.74) is 0. The Bertz CT molecular complexity index is 451. The molecule has 1 atom stereocenters. The highest BCUT2D eigenvalue weighted by Crippen LogP contribution is 2.28. The van der Waals surface area contributed by atoms with E-state index in [1.165, 1.54) is 17.4 Å². The molecule has 84 valence electrons. The molecule has 1 amide bonds. The fraction of sp³-hybridized carbons (Fsp3) is 0.333. The van der Waals surface area contributed by atoms with Crippen LogP contribution in [0.5, 0.6) is 0 Å². The highest BCUT2D eigenvalue weighted by atomic mass is 79.9. The maximum atomic E-state index is 11.6. The number of nitrogens with zero attached hydrogens (tertiary/aromatic N) is 3. The summed E-state index contributed by atoms with van der Waals surface area (Å²) in [6.07, 6.45) is 2.86. The quantitative estimate of drug-likeness (QED) is 0.864. The third-order valence-electron chi connectivity index (χ3n) is 2.38. The van der Waals surface area contributed by atoms with Crippen molar-refractivity contribution in [2.24, 2.45) is 5.92 Å². The molecule has 16 heavy (non-hydrogen) atoms. The molecule has 0 radical (unpaired) electrons. The number of anilines is 1. The van der Waals surface area contributed by atoms with Gasteiger partial charge in [0.05, 0.1) is 10.4 Å². The van der Waals surface area contributed by atoms with Gasteiger partial charge in [0.1, 0.15) is 6.33 Å². The Morgan fingerprint density at radius 3 is 2.94 bits per heavy atom. The molecule has 1 unspecified atom stereocenters. The maximum absolute atomic E-state index is 11.6. The minimum atomic E-state index is -0.957. The van der Waals surface area contributed by atoms with E-state index in [2.05, 4.69) is 25.9 Å². The zero-order chi connectivity index (χ0) is 11.7. The first-order valence-electron chi connectivity index (χ1n) is 4.58. The fourth-order valence-electron chi connectivity index (χ4n) is 1.58. The summed E-state index contributed by atoms with van der Waals surface area (Å²) in [5.74, 6) is -1.43. The third-order valence-corrected chi connectivity index (χ3v) is 2.94. The second kappa shape index (κ2) is 4.17. The zero-order valence-electron chi connectivity index (χ0n) is 8.13. The van der Waals surface area contributed by atoms with Crippen LogP contribution in [-0.2, 0) is 9.59 Å². The first-order valence-corrected chi connectivity index (χ1v) is 5.37. The van der Waals surface area contributed by atoms with Crippen LogP contribution in [0.1, 0.15) is 6.42 Å². The second-order valence-corrected chi connectivity index (χ2v) is 4.29. The van der Waals surface area contributed by atoms with Crippen molar-refractivity contribution in [2.45, 2.75) is 6.42 Å². The van der Waals surface area contributed by atoms with E-state index in [1.807, 2.05) is 0 Å². The van der Waals surface area contributed by atoms with E-state index in [9.17, 15) is 9.59 Å². The number of rotatable bonds is 2. The predicted molar refractivity (Wildman–Crippen MR) is 57.8 cm³/mol. The Morgan fingerprint density at radius 1 is 1.62 bits per heavy atom. The first-order chi connectivity index (χ1) is 7.59. The van der Waals surface area contributed by atoms with Gasteiger partial charge in [-0.05, 0) is 15.9 Å². The minimum Gasteiger partial charge on any atom is -0.481 e. The molecule has 1 aliphatic heterocycles. The molecule has 2 rings (SSSR count). The number of amides is 1. The van der Waals surface area contributed by atoms with E-state index in [-0.39, 0.29) is 18.9 Å². The lowest BCUT2D eigenvalue weighted by Crippen LogP contribution is -2.27. The number of hydrogen-bond acceptors (Lipinski definition) is 4. The number of aliphatic carboxylic acids is 1. The van der Waals surface area contributed by atoms with E-state index < -0.39 is 11.9 Å². The Hall–Kier alpha value is -1.50. The number of carbonyl (C=O) groups excluding carboxylic acids is 1. The molecular weight excluding hydrogens is 278 g/mol. The smallest absolute Gasteiger partial charge is 0.308 e. The van der Waals surface area contributed by atoms with Crippen molar-refractivity contribution in [1.82, 2.24) is 9.97 Å². The van der Waals surface area contributed by atoms with Gasteiger partial charge in [0.15, 0.2) is 5.82 Å². The van der Waals surface area contributed by atoms with Crippen LogP contribution >= 0.6 is 15.9 Å². The third kappa shape index (κ3) is 1.90. The number of halogens is 1. The average Bonchev–Trinajstić information content (AvgIpc) is 2.61. The van der Waals surface area contributed by atoms with Crippen LogP contribution in [0.2, 0.25) is 0 Å². The molecule has 7 heteroatoms. The van der Waals surface area contributed by atoms with Crippen LogP contribution < -0.4 is 4.90 Å². The van der Waals surface area contributed by atoms with Gasteiger partial charge in [0.25, 0.3) is 0 Å². The predicted octanol–water partition coefficient (Wildman–Crippen LogP) is 0.677. The van der Waals surface area contributed by atoms with E-state index in [4.69, 9.17) is 5.11 Å². The molecular formula is C9H8BrN3O3. The Labute approximate surface area is 99.4 Å². The van der Waals surface area contributed by atoms with E-state index in [1.54, 1.807) is 0 Å². The van der Waals surface area contributed by atoms with Gasteiger partial charge in [-0.1, -0.05) is 0 Å². The molecule has 0 saturated carbocycles. The van der Waals surface area contributed by atoms with Gasteiger partial charge in [0, 0.05) is 19.2 Å². The van der Waals surface area contributed by atoms with Crippen molar-refractivity contribution in [3.05, 3.63) is 17.0 Å². The zero-order valence-corrected chi connectivity index (χ0v) is 9.72. The summed E-state index contributed by atoms with van der Waals surface area (Å²) >= 11 is 3.22. The summed E-state index contributed by atoms with van der Waals surface area (Å²) in [7, 11) is 0. The van der Waals surface area contributed by atoms with Gasteiger partial charge < -0.3 is 5.11 Å². The average molecular weight is 286 g/mol. The van der Waals surface area contributed by atoms with Crippen molar-refractivity contribution in [3.8, 4) is 0 Å². The fourth-order valence-corrected chi connectivity index (χ4v) is 2.02. The van der Waals surface area contributed by atoms with Crippen molar-refractivity contribution in [2.75, 3.05) is 11.4 Å². The Kier molecular flexibility index (Phi) is 2.86. The number of carboxylic acids is 1. The second-order valence-electron chi connectivity index (χ2n) is 3.44. The van der Waals surface area contributed by atoms with Gasteiger partial charge >= 0.3 is 5.97 Å². The van der Waals surface area contributed by atoms with Crippen LogP contribution in [0, 0.1) is 5.92 Å². The van der Waals surface area contributed by atoms with Gasteiger partial charge in [-0.3, -0.25) is 14.5 Å². The van der Waals surface area contributed by atoms with Gasteiger partial charge in [-0.2, -0.15) is 0 Å². The lowest BCUT2D eigenvalue weighted by Gasteiger charge is -2.15. The monoisotopic (exact) mass is 285 g/mol. The molecule has 1 aliphatic rings. The van der Waals surface area contributed by atoms with Crippen LogP contribution in [0.15, 0.2) is 17.0 Å². The topological polar surface area (TPSA) is 83.4 Å².